The number of rotatable bonds is 5. The summed E-state index contributed by atoms with van der Waals surface area (Å²) in [7, 11) is 4.01. The van der Waals surface area contributed by atoms with Gasteiger partial charge in [-0.3, -0.25) is 0 Å². The van der Waals surface area contributed by atoms with E-state index in [1.165, 1.54) is 0 Å². The molecule has 0 radical (unpaired) electrons. The van der Waals surface area contributed by atoms with Crippen molar-refractivity contribution in [2.75, 3.05) is 32.1 Å². The van der Waals surface area contributed by atoms with Gasteiger partial charge in [-0.05, 0) is 17.7 Å². The van der Waals surface area contributed by atoms with Gasteiger partial charge >= 0.3 is 0 Å². The maximum atomic E-state index is 8.52. The Bertz CT molecular complexity index is 306. The van der Waals surface area contributed by atoms with Crippen molar-refractivity contribution < 1.29 is 5.11 Å². The normalized spacial score (nSPS) is 10.6. The van der Waals surface area contributed by atoms with Gasteiger partial charge in [-0.15, -0.1) is 0 Å². The third kappa shape index (κ3) is 3.99. The highest BCUT2D eigenvalue weighted by Crippen LogP contribution is 2.10. The second kappa shape index (κ2) is 6.03. The molecule has 4 heteroatoms. The van der Waals surface area contributed by atoms with Crippen LogP contribution in [0.4, 0.5) is 5.69 Å². The monoisotopic (exact) mass is 207 g/mol. The first kappa shape index (κ1) is 11.5. The van der Waals surface area contributed by atoms with Crippen LogP contribution in [0.5, 0.6) is 0 Å². The Morgan fingerprint density at radius 2 is 2.00 bits per heavy atom. The summed E-state index contributed by atoms with van der Waals surface area (Å²) in [5.41, 5.74) is 4.93. The molecule has 0 saturated heterocycles. The van der Waals surface area contributed by atoms with Gasteiger partial charge in [0.15, 0.2) is 0 Å². The average Bonchev–Trinajstić information content (AvgIpc) is 2.25. The van der Waals surface area contributed by atoms with E-state index < -0.39 is 0 Å². The SMILES string of the molecule is CN(C)c1ccc(C=NNCCO)cc1. The van der Waals surface area contributed by atoms with Gasteiger partial charge in [0.05, 0.1) is 19.4 Å². The van der Waals surface area contributed by atoms with Crippen LogP contribution in [0.1, 0.15) is 5.56 Å². The van der Waals surface area contributed by atoms with Crippen LogP contribution in [0.25, 0.3) is 0 Å². The molecule has 1 aromatic rings. The summed E-state index contributed by atoms with van der Waals surface area (Å²) in [6.07, 6.45) is 1.73. The van der Waals surface area contributed by atoms with Crippen molar-refractivity contribution in [3.05, 3.63) is 29.8 Å². The van der Waals surface area contributed by atoms with Crippen LogP contribution >= 0.6 is 0 Å². The summed E-state index contributed by atoms with van der Waals surface area (Å²) < 4.78 is 0. The molecular formula is C11H17N3O. The molecule has 0 amide bonds. The maximum Gasteiger partial charge on any atom is 0.0620 e. The molecule has 0 aromatic heterocycles. The number of hydrazone groups is 1. The molecule has 82 valence electrons. The van der Waals surface area contributed by atoms with Gasteiger partial charge in [0.25, 0.3) is 0 Å². The standard InChI is InChI=1S/C11H17N3O/c1-14(2)11-5-3-10(4-6-11)9-13-12-7-8-15/h3-6,9,12,15H,7-8H2,1-2H3. The molecule has 0 unspecified atom stereocenters. The second-order valence-corrected chi connectivity index (χ2v) is 3.38. The van der Waals surface area contributed by atoms with E-state index in [9.17, 15) is 0 Å². The van der Waals surface area contributed by atoms with Crippen molar-refractivity contribution in [3.8, 4) is 0 Å². The van der Waals surface area contributed by atoms with Crippen LogP contribution in [-0.2, 0) is 0 Å². The van der Waals surface area contributed by atoms with Crippen molar-refractivity contribution in [1.82, 2.24) is 5.43 Å². The number of nitrogens with one attached hydrogen (secondary N) is 1. The molecule has 0 bridgehead atoms. The lowest BCUT2D eigenvalue weighted by atomic mass is 10.2. The Morgan fingerprint density at radius 3 is 2.53 bits per heavy atom. The number of aliphatic hydroxyl groups excluding tert-OH is 1. The molecule has 0 aliphatic rings. The molecule has 0 fully saturated rings. The highest BCUT2D eigenvalue weighted by atomic mass is 16.3. The Labute approximate surface area is 90.2 Å². The lowest BCUT2D eigenvalue weighted by molar-refractivity contribution is 0.294. The lowest BCUT2D eigenvalue weighted by Gasteiger charge is -2.11. The number of hydrogen-bond donors (Lipinski definition) is 2. The van der Waals surface area contributed by atoms with Gasteiger partial charge in [-0.2, -0.15) is 5.10 Å². The Morgan fingerprint density at radius 1 is 1.33 bits per heavy atom. The van der Waals surface area contributed by atoms with Crippen LogP contribution in [0.15, 0.2) is 29.4 Å². The second-order valence-electron chi connectivity index (χ2n) is 3.38. The first-order valence-electron chi connectivity index (χ1n) is 4.88. The van der Waals surface area contributed by atoms with E-state index in [4.69, 9.17) is 5.11 Å². The van der Waals surface area contributed by atoms with Crippen LogP contribution in [0.3, 0.4) is 0 Å². The molecule has 4 nitrogen and oxygen atoms in total. The minimum absolute atomic E-state index is 0.0942. The lowest BCUT2D eigenvalue weighted by Crippen LogP contribution is -2.11. The van der Waals surface area contributed by atoms with E-state index in [0.717, 1.165) is 11.3 Å². The number of aliphatic hydroxyl groups is 1. The Kier molecular flexibility index (Phi) is 4.63. The largest absolute Gasteiger partial charge is 0.394 e. The number of benzene rings is 1. The van der Waals surface area contributed by atoms with Crippen molar-refractivity contribution in [2.45, 2.75) is 0 Å². The zero-order valence-electron chi connectivity index (χ0n) is 9.14. The van der Waals surface area contributed by atoms with Gasteiger partial charge in [0.1, 0.15) is 0 Å². The van der Waals surface area contributed by atoms with E-state index >= 15 is 0 Å². The molecule has 15 heavy (non-hydrogen) atoms. The van der Waals surface area contributed by atoms with Crippen LogP contribution in [-0.4, -0.2) is 38.6 Å². The predicted octanol–water partition coefficient (Wildman–Crippen LogP) is 0.668. The number of nitrogens with zero attached hydrogens (tertiary/aromatic N) is 2. The fraction of sp³-hybridized carbons (Fsp3) is 0.364. The van der Waals surface area contributed by atoms with Crippen LogP contribution < -0.4 is 10.3 Å². The third-order valence-electron chi connectivity index (χ3n) is 1.94. The number of anilines is 1. The number of hydrogen-bond acceptors (Lipinski definition) is 4. The van der Waals surface area contributed by atoms with E-state index in [1.54, 1.807) is 6.21 Å². The first-order chi connectivity index (χ1) is 7.24. The Balaban J connectivity index is 2.53. The molecule has 1 rings (SSSR count). The van der Waals surface area contributed by atoms with Gasteiger partial charge < -0.3 is 15.4 Å². The van der Waals surface area contributed by atoms with Crippen molar-refractivity contribution >= 4 is 11.9 Å². The summed E-state index contributed by atoms with van der Waals surface area (Å²) >= 11 is 0. The fourth-order valence-corrected chi connectivity index (χ4v) is 1.09. The maximum absolute atomic E-state index is 8.52. The first-order valence-corrected chi connectivity index (χ1v) is 4.88. The predicted molar refractivity (Wildman–Crippen MR) is 63.5 cm³/mol. The van der Waals surface area contributed by atoms with E-state index in [2.05, 4.69) is 10.5 Å². The topological polar surface area (TPSA) is 47.9 Å². The molecule has 0 heterocycles. The molecule has 0 atom stereocenters. The van der Waals surface area contributed by atoms with Gasteiger partial charge in [0.2, 0.25) is 0 Å². The molecule has 0 aliphatic carbocycles. The van der Waals surface area contributed by atoms with Crippen molar-refractivity contribution in [1.29, 1.82) is 0 Å². The fourth-order valence-electron chi connectivity index (χ4n) is 1.09. The zero-order valence-corrected chi connectivity index (χ0v) is 9.14. The summed E-state index contributed by atoms with van der Waals surface area (Å²) in [5, 5.41) is 12.5. The molecule has 0 saturated carbocycles. The summed E-state index contributed by atoms with van der Waals surface area (Å²) in [5.74, 6) is 0. The quantitative estimate of drug-likeness (QED) is 0.424. The van der Waals surface area contributed by atoms with Gasteiger partial charge in [-0.1, -0.05) is 12.1 Å². The Hall–Kier alpha value is -1.55. The van der Waals surface area contributed by atoms with E-state index in [1.807, 2.05) is 43.3 Å². The third-order valence-corrected chi connectivity index (χ3v) is 1.94. The highest BCUT2D eigenvalue weighted by Gasteiger charge is 1.93. The van der Waals surface area contributed by atoms with Crippen molar-refractivity contribution in [2.24, 2.45) is 5.10 Å². The van der Waals surface area contributed by atoms with Gasteiger partial charge in [0, 0.05) is 19.8 Å². The summed E-state index contributed by atoms with van der Waals surface area (Å²) in [6, 6.07) is 8.07. The minimum atomic E-state index is 0.0942. The molecule has 0 spiro atoms. The average molecular weight is 207 g/mol. The summed E-state index contributed by atoms with van der Waals surface area (Å²) in [4.78, 5) is 2.05. The zero-order chi connectivity index (χ0) is 11.1. The molecular weight excluding hydrogens is 190 g/mol. The highest BCUT2D eigenvalue weighted by molar-refractivity contribution is 5.80. The van der Waals surface area contributed by atoms with Crippen molar-refractivity contribution in [3.63, 3.8) is 0 Å². The smallest absolute Gasteiger partial charge is 0.0620 e. The molecule has 1 aromatic carbocycles. The molecule has 0 aliphatic heterocycles. The minimum Gasteiger partial charge on any atom is -0.394 e. The summed E-state index contributed by atoms with van der Waals surface area (Å²) in [6.45, 7) is 0.573. The molecule has 2 N–H and O–H groups in total. The van der Waals surface area contributed by atoms with Crippen LogP contribution in [0, 0.1) is 0 Å². The van der Waals surface area contributed by atoms with E-state index in [-0.39, 0.29) is 6.61 Å². The van der Waals surface area contributed by atoms with Gasteiger partial charge in [-0.25, -0.2) is 0 Å². The van der Waals surface area contributed by atoms with E-state index in [0.29, 0.717) is 6.54 Å². The van der Waals surface area contributed by atoms with Crippen LogP contribution in [0.2, 0.25) is 0 Å².